The maximum Gasteiger partial charge on any atom is 0.331 e. The normalized spacial score (nSPS) is 26.1. The molecule has 0 saturated carbocycles. The SMILES string of the molecule is CCOC(=O)C1(Nc2cccc(Br)c2)CCOC(C)C1. The lowest BCUT2D eigenvalue weighted by molar-refractivity contribution is -0.153. The first-order valence-corrected chi connectivity index (χ1v) is 7.67. The molecule has 20 heavy (non-hydrogen) atoms. The number of benzene rings is 1. The van der Waals surface area contributed by atoms with Crippen LogP contribution in [-0.4, -0.2) is 30.8 Å². The Balaban J connectivity index is 2.24. The zero-order valence-electron chi connectivity index (χ0n) is 11.8. The van der Waals surface area contributed by atoms with Crippen LogP contribution in [0.15, 0.2) is 28.7 Å². The maximum atomic E-state index is 12.4. The fourth-order valence-electron chi connectivity index (χ4n) is 2.55. The Hall–Kier alpha value is -1.07. The number of hydrogen-bond acceptors (Lipinski definition) is 4. The fraction of sp³-hybridized carbons (Fsp3) is 0.533. The molecule has 110 valence electrons. The fourth-order valence-corrected chi connectivity index (χ4v) is 2.95. The predicted octanol–water partition coefficient (Wildman–Crippen LogP) is 3.36. The number of nitrogens with one attached hydrogen (secondary N) is 1. The zero-order chi connectivity index (χ0) is 14.6. The van der Waals surface area contributed by atoms with Gasteiger partial charge >= 0.3 is 5.97 Å². The molecule has 0 spiro atoms. The van der Waals surface area contributed by atoms with Crippen molar-refractivity contribution in [2.45, 2.75) is 38.3 Å². The van der Waals surface area contributed by atoms with E-state index in [2.05, 4.69) is 21.2 Å². The molecule has 2 rings (SSSR count). The van der Waals surface area contributed by atoms with Crippen LogP contribution < -0.4 is 5.32 Å². The molecule has 1 N–H and O–H groups in total. The molecule has 2 unspecified atom stereocenters. The third-order valence-corrected chi connectivity index (χ3v) is 3.93. The Kier molecular flexibility index (Phi) is 5.05. The van der Waals surface area contributed by atoms with Gasteiger partial charge in [0, 0.05) is 29.6 Å². The first-order valence-electron chi connectivity index (χ1n) is 6.88. The second-order valence-electron chi connectivity index (χ2n) is 5.07. The second-order valence-corrected chi connectivity index (χ2v) is 5.99. The van der Waals surface area contributed by atoms with Gasteiger partial charge in [-0.2, -0.15) is 0 Å². The minimum atomic E-state index is -0.700. The topological polar surface area (TPSA) is 47.6 Å². The van der Waals surface area contributed by atoms with Crippen molar-refractivity contribution < 1.29 is 14.3 Å². The summed E-state index contributed by atoms with van der Waals surface area (Å²) in [6.07, 6.45) is 1.26. The van der Waals surface area contributed by atoms with Crippen molar-refractivity contribution in [2.24, 2.45) is 0 Å². The Morgan fingerprint density at radius 1 is 1.60 bits per heavy atom. The van der Waals surface area contributed by atoms with Crippen molar-refractivity contribution in [3.63, 3.8) is 0 Å². The van der Waals surface area contributed by atoms with Crippen molar-refractivity contribution in [1.29, 1.82) is 0 Å². The van der Waals surface area contributed by atoms with E-state index in [1.807, 2.05) is 38.1 Å². The number of rotatable bonds is 4. The van der Waals surface area contributed by atoms with E-state index in [1.54, 1.807) is 0 Å². The van der Waals surface area contributed by atoms with Gasteiger partial charge in [0.05, 0.1) is 12.7 Å². The number of anilines is 1. The van der Waals surface area contributed by atoms with E-state index in [0.717, 1.165) is 10.2 Å². The zero-order valence-corrected chi connectivity index (χ0v) is 13.4. The first-order chi connectivity index (χ1) is 9.55. The van der Waals surface area contributed by atoms with Gasteiger partial charge in [-0.05, 0) is 32.0 Å². The van der Waals surface area contributed by atoms with E-state index >= 15 is 0 Å². The number of carbonyl (C=O) groups is 1. The molecule has 4 nitrogen and oxygen atoms in total. The van der Waals surface area contributed by atoms with Crippen molar-refractivity contribution in [2.75, 3.05) is 18.5 Å². The smallest absolute Gasteiger partial charge is 0.331 e. The van der Waals surface area contributed by atoms with Gasteiger partial charge in [0.25, 0.3) is 0 Å². The lowest BCUT2D eigenvalue weighted by atomic mass is 9.86. The second kappa shape index (κ2) is 6.59. The quantitative estimate of drug-likeness (QED) is 0.853. The summed E-state index contributed by atoms with van der Waals surface area (Å²) in [5.41, 5.74) is 0.204. The van der Waals surface area contributed by atoms with Crippen LogP contribution in [-0.2, 0) is 14.3 Å². The van der Waals surface area contributed by atoms with E-state index in [9.17, 15) is 4.79 Å². The molecule has 0 bridgehead atoms. The van der Waals surface area contributed by atoms with Gasteiger partial charge in [0.1, 0.15) is 5.54 Å². The van der Waals surface area contributed by atoms with Crippen molar-refractivity contribution in [3.05, 3.63) is 28.7 Å². The van der Waals surface area contributed by atoms with Gasteiger partial charge in [-0.25, -0.2) is 4.79 Å². The molecule has 1 aliphatic heterocycles. The molecule has 1 fully saturated rings. The molecular formula is C15H20BrNO3. The lowest BCUT2D eigenvalue weighted by Gasteiger charge is -2.39. The van der Waals surface area contributed by atoms with Crippen LogP contribution in [0.1, 0.15) is 26.7 Å². The molecule has 1 saturated heterocycles. The van der Waals surface area contributed by atoms with E-state index in [0.29, 0.717) is 26.1 Å². The van der Waals surface area contributed by atoms with Crippen LogP contribution in [0.4, 0.5) is 5.69 Å². The number of carbonyl (C=O) groups excluding carboxylic acids is 1. The van der Waals surface area contributed by atoms with Gasteiger partial charge < -0.3 is 14.8 Å². The summed E-state index contributed by atoms with van der Waals surface area (Å²) >= 11 is 3.44. The average Bonchev–Trinajstić information content (AvgIpc) is 2.39. The van der Waals surface area contributed by atoms with Crippen LogP contribution in [0.5, 0.6) is 0 Å². The van der Waals surface area contributed by atoms with Gasteiger partial charge in [0.15, 0.2) is 0 Å². The molecule has 1 aliphatic rings. The monoisotopic (exact) mass is 341 g/mol. The molecule has 2 atom stereocenters. The molecule has 0 amide bonds. The molecule has 1 aromatic rings. The summed E-state index contributed by atoms with van der Waals surface area (Å²) in [4.78, 5) is 12.4. The number of ether oxygens (including phenoxy) is 2. The molecule has 0 radical (unpaired) electrons. The molecule has 1 heterocycles. The van der Waals surface area contributed by atoms with E-state index in [4.69, 9.17) is 9.47 Å². The standard InChI is InChI=1S/C15H20BrNO3/c1-3-19-14(18)15(7-8-20-11(2)10-15)17-13-6-4-5-12(16)9-13/h4-6,9,11,17H,3,7-8,10H2,1-2H3. The van der Waals surface area contributed by atoms with Crippen molar-refractivity contribution >= 4 is 27.6 Å². The minimum absolute atomic E-state index is 0.0350. The van der Waals surface area contributed by atoms with Crippen molar-refractivity contribution in [3.8, 4) is 0 Å². The van der Waals surface area contributed by atoms with Crippen LogP contribution in [0, 0.1) is 0 Å². The molecule has 1 aromatic carbocycles. The molecule has 5 heteroatoms. The Morgan fingerprint density at radius 2 is 2.40 bits per heavy atom. The number of halogens is 1. The van der Waals surface area contributed by atoms with E-state index < -0.39 is 5.54 Å². The average molecular weight is 342 g/mol. The van der Waals surface area contributed by atoms with Crippen LogP contribution in [0.2, 0.25) is 0 Å². The van der Waals surface area contributed by atoms with Crippen LogP contribution in [0.3, 0.4) is 0 Å². The highest BCUT2D eigenvalue weighted by Crippen LogP contribution is 2.31. The predicted molar refractivity (Wildman–Crippen MR) is 81.8 cm³/mol. The lowest BCUT2D eigenvalue weighted by Crippen LogP contribution is -2.53. The van der Waals surface area contributed by atoms with Crippen molar-refractivity contribution in [1.82, 2.24) is 0 Å². The maximum absolute atomic E-state index is 12.4. The third-order valence-electron chi connectivity index (χ3n) is 3.44. The molecule has 0 aromatic heterocycles. The summed E-state index contributed by atoms with van der Waals surface area (Å²) in [6, 6.07) is 7.80. The largest absolute Gasteiger partial charge is 0.464 e. The Morgan fingerprint density at radius 3 is 3.05 bits per heavy atom. The third kappa shape index (κ3) is 3.52. The van der Waals surface area contributed by atoms with Gasteiger partial charge in [-0.3, -0.25) is 0 Å². The first kappa shape index (κ1) is 15.3. The Bertz CT molecular complexity index is 480. The summed E-state index contributed by atoms with van der Waals surface area (Å²) < 4.78 is 11.8. The van der Waals surface area contributed by atoms with E-state index in [1.165, 1.54) is 0 Å². The van der Waals surface area contributed by atoms with E-state index in [-0.39, 0.29) is 12.1 Å². The number of hydrogen-bond donors (Lipinski definition) is 1. The summed E-state index contributed by atoms with van der Waals surface area (Å²) in [5, 5.41) is 3.37. The molecular weight excluding hydrogens is 322 g/mol. The van der Waals surface area contributed by atoms with Gasteiger partial charge in [0.2, 0.25) is 0 Å². The summed E-state index contributed by atoms with van der Waals surface area (Å²) in [7, 11) is 0. The highest BCUT2D eigenvalue weighted by Gasteiger charge is 2.43. The molecule has 0 aliphatic carbocycles. The summed E-state index contributed by atoms with van der Waals surface area (Å²) in [6.45, 7) is 4.75. The number of esters is 1. The van der Waals surface area contributed by atoms with Gasteiger partial charge in [-0.15, -0.1) is 0 Å². The van der Waals surface area contributed by atoms with Crippen LogP contribution in [0.25, 0.3) is 0 Å². The summed E-state index contributed by atoms with van der Waals surface area (Å²) in [5.74, 6) is -0.199. The minimum Gasteiger partial charge on any atom is -0.464 e. The van der Waals surface area contributed by atoms with Gasteiger partial charge in [-0.1, -0.05) is 22.0 Å². The highest BCUT2D eigenvalue weighted by atomic mass is 79.9. The Labute approximate surface area is 128 Å². The highest BCUT2D eigenvalue weighted by molar-refractivity contribution is 9.10. The van der Waals surface area contributed by atoms with Crippen LogP contribution >= 0.6 is 15.9 Å².